The molecule has 0 fully saturated rings. The average Bonchev–Trinajstić information content (AvgIpc) is 1.72. The molecule has 0 saturated carbocycles. The summed E-state index contributed by atoms with van der Waals surface area (Å²) in [6, 6.07) is 0. The van der Waals surface area contributed by atoms with Crippen molar-refractivity contribution in [2.45, 2.75) is 19.8 Å². The Balaban J connectivity index is 2.99. The molecule has 1 atom stereocenters. The molecule has 43 valence electrons. The Kier molecular flexibility index (Phi) is 4.63. The zero-order valence-corrected chi connectivity index (χ0v) is 5.54. The summed E-state index contributed by atoms with van der Waals surface area (Å²) in [5, 5.41) is 0. The van der Waals surface area contributed by atoms with Gasteiger partial charge in [0.2, 0.25) is 0 Å². The van der Waals surface area contributed by atoms with E-state index in [2.05, 4.69) is 13.8 Å². The lowest BCUT2D eigenvalue weighted by molar-refractivity contribution is 0.577. The second-order valence-electron chi connectivity index (χ2n) is 1.72. The van der Waals surface area contributed by atoms with Gasteiger partial charge in [0.15, 0.2) is 0 Å². The van der Waals surface area contributed by atoms with Crippen LogP contribution in [-0.4, -0.2) is 5.88 Å². The van der Waals surface area contributed by atoms with Crippen LogP contribution >= 0.6 is 11.6 Å². The third-order valence-electron chi connectivity index (χ3n) is 1.20. The van der Waals surface area contributed by atoms with Gasteiger partial charge in [0.25, 0.3) is 0 Å². The predicted molar refractivity (Wildman–Crippen MR) is 34.5 cm³/mol. The molecule has 0 bridgehead atoms. The zero-order chi connectivity index (χ0) is 5.70. The zero-order valence-electron chi connectivity index (χ0n) is 4.78. The monoisotopic (exact) mass is 119 g/mol. The highest BCUT2D eigenvalue weighted by atomic mass is 35.5. The van der Waals surface area contributed by atoms with Crippen LogP contribution in [0.1, 0.15) is 19.8 Å². The van der Waals surface area contributed by atoms with Crippen LogP contribution < -0.4 is 0 Å². The molecule has 1 heteroatoms. The minimum atomic E-state index is 0.640. The van der Waals surface area contributed by atoms with E-state index in [-0.39, 0.29) is 0 Å². The Morgan fingerprint density at radius 2 is 2.29 bits per heavy atom. The Morgan fingerprint density at radius 1 is 1.71 bits per heavy atom. The van der Waals surface area contributed by atoms with E-state index >= 15 is 0 Å². The van der Waals surface area contributed by atoms with Crippen molar-refractivity contribution in [3.05, 3.63) is 6.92 Å². The second kappa shape index (κ2) is 4.45. The van der Waals surface area contributed by atoms with Gasteiger partial charge in [-0.1, -0.05) is 20.3 Å². The summed E-state index contributed by atoms with van der Waals surface area (Å²) in [5.74, 6) is 1.40. The maximum absolute atomic E-state index is 5.53. The molecule has 1 radical (unpaired) electrons. The number of alkyl halides is 1. The van der Waals surface area contributed by atoms with Crippen molar-refractivity contribution in [3.8, 4) is 0 Å². The van der Waals surface area contributed by atoms with Crippen LogP contribution in [-0.2, 0) is 0 Å². The van der Waals surface area contributed by atoms with Gasteiger partial charge >= 0.3 is 0 Å². The molecule has 0 aliphatic heterocycles. The van der Waals surface area contributed by atoms with E-state index in [4.69, 9.17) is 11.6 Å². The van der Waals surface area contributed by atoms with E-state index < -0.39 is 0 Å². The average molecular weight is 120 g/mol. The largest absolute Gasteiger partial charge is 0.126 e. The number of rotatable bonds is 3. The summed E-state index contributed by atoms with van der Waals surface area (Å²) in [7, 11) is 0. The van der Waals surface area contributed by atoms with Gasteiger partial charge in [-0.3, -0.25) is 0 Å². The molecule has 0 aromatic heterocycles. The van der Waals surface area contributed by atoms with E-state index in [9.17, 15) is 0 Å². The third-order valence-corrected chi connectivity index (χ3v) is 1.64. The molecule has 0 aromatic carbocycles. The van der Waals surface area contributed by atoms with Gasteiger partial charge in [0.1, 0.15) is 0 Å². The van der Waals surface area contributed by atoms with Crippen molar-refractivity contribution in [2.24, 2.45) is 5.92 Å². The fourth-order valence-corrected chi connectivity index (χ4v) is 0.763. The van der Waals surface area contributed by atoms with E-state index in [1.807, 2.05) is 0 Å². The first-order valence-electron chi connectivity index (χ1n) is 2.70. The predicted octanol–water partition coefficient (Wildman–Crippen LogP) is 2.48. The molecule has 0 aliphatic carbocycles. The lowest BCUT2D eigenvalue weighted by Crippen LogP contribution is -1.96. The van der Waals surface area contributed by atoms with Crippen LogP contribution in [0.25, 0.3) is 0 Å². The fourth-order valence-electron chi connectivity index (χ4n) is 0.390. The Bertz CT molecular complexity index is 25.7. The minimum absolute atomic E-state index is 0.640. The van der Waals surface area contributed by atoms with Crippen molar-refractivity contribution < 1.29 is 0 Å². The molecule has 0 aliphatic rings. The number of hydrogen-bond acceptors (Lipinski definition) is 0. The van der Waals surface area contributed by atoms with Gasteiger partial charge in [0, 0.05) is 5.88 Å². The number of hydrogen-bond donors (Lipinski definition) is 0. The van der Waals surface area contributed by atoms with E-state index in [0.717, 1.165) is 18.7 Å². The maximum Gasteiger partial charge on any atom is 0.0251 e. The SMILES string of the molecule is [CH2]CC(CC)CCl. The summed E-state index contributed by atoms with van der Waals surface area (Å²) >= 11 is 5.53. The van der Waals surface area contributed by atoms with Crippen molar-refractivity contribution in [2.75, 3.05) is 5.88 Å². The van der Waals surface area contributed by atoms with Crippen molar-refractivity contribution in [1.29, 1.82) is 0 Å². The lowest BCUT2D eigenvalue weighted by atomic mass is 10.1. The normalized spacial score (nSPS) is 10.3. The van der Waals surface area contributed by atoms with Crippen LogP contribution in [0.4, 0.5) is 0 Å². The Morgan fingerprint density at radius 3 is 2.29 bits per heavy atom. The van der Waals surface area contributed by atoms with Crippen LogP contribution in [0, 0.1) is 12.8 Å². The van der Waals surface area contributed by atoms with Gasteiger partial charge in [-0.25, -0.2) is 0 Å². The summed E-state index contributed by atoms with van der Waals surface area (Å²) in [5.41, 5.74) is 0. The van der Waals surface area contributed by atoms with Gasteiger partial charge in [-0.15, -0.1) is 11.6 Å². The summed E-state index contributed by atoms with van der Waals surface area (Å²) in [6.07, 6.45) is 2.13. The molecule has 0 rings (SSSR count). The lowest BCUT2D eigenvalue weighted by Gasteiger charge is -2.03. The molecule has 0 nitrogen and oxygen atoms in total. The minimum Gasteiger partial charge on any atom is -0.126 e. The van der Waals surface area contributed by atoms with Gasteiger partial charge < -0.3 is 0 Å². The molecule has 0 amide bonds. The molecule has 0 saturated heterocycles. The maximum atomic E-state index is 5.53. The first kappa shape index (κ1) is 7.29. The second-order valence-corrected chi connectivity index (χ2v) is 2.03. The molecule has 0 spiro atoms. The molecule has 1 unspecified atom stereocenters. The van der Waals surface area contributed by atoms with Crippen molar-refractivity contribution in [1.82, 2.24) is 0 Å². The Hall–Kier alpha value is 0.290. The summed E-state index contributed by atoms with van der Waals surface area (Å²) < 4.78 is 0. The van der Waals surface area contributed by atoms with E-state index in [0.29, 0.717) is 5.92 Å². The van der Waals surface area contributed by atoms with Crippen molar-refractivity contribution >= 4 is 11.6 Å². The number of halogens is 1. The fraction of sp³-hybridized carbons (Fsp3) is 0.833. The van der Waals surface area contributed by atoms with Crippen LogP contribution in [0.5, 0.6) is 0 Å². The van der Waals surface area contributed by atoms with Crippen LogP contribution in [0.15, 0.2) is 0 Å². The molecule has 7 heavy (non-hydrogen) atoms. The van der Waals surface area contributed by atoms with Crippen molar-refractivity contribution in [3.63, 3.8) is 0 Å². The van der Waals surface area contributed by atoms with Gasteiger partial charge in [-0.2, -0.15) is 0 Å². The van der Waals surface area contributed by atoms with Gasteiger partial charge in [0.05, 0.1) is 0 Å². The molecular formula is C6H12Cl. The van der Waals surface area contributed by atoms with Crippen LogP contribution in [0.3, 0.4) is 0 Å². The summed E-state index contributed by atoms with van der Waals surface area (Å²) in [6.45, 7) is 5.88. The topological polar surface area (TPSA) is 0 Å². The highest BCUT2D eigenvalue weighted by molar-refractivity contribution is 6.18. The first-order chi connectivity index (χ1) is 3.35. The standard InChI is InChI=1S/C6H12Cl/c1-3-6(4-2)5-7/h6H,1,3-5H2,2H3. The quantitative estimate of drug-likeness (QED) is 0.501. The first-order valence-corrected chi connectivity index (χ1v) is 3.23. The third kappa shape index (κ3) is 2.93. The Labute approximate surface area is 50.9 Å². The van der Waals surface area contributed by atoms with Gasteiger partial charge in [-0.05, 0) is 12.3 Å². The van der Waals surface area contributed by atoms with E-state index in [1.165, 1.54) is 0 Å². The molecule has 0 aromatic rings. The highest BCUT2D eigenvalue weighted by Crippen LogP contribution is 2.07. The highest BCUT2D eigenvalue weighted by Gasteiger charge is 1.97. The summed E-state index contributed by atoms with van der Waals surface area (Å²) in [4.78, 5) is 0. The van der Waals surface area contributed by atoms with Crippen LogP contribution in [0.2, 0.25) is 0 Å². The molecule has 0 heterocycles. The van der Waals surface area contributed by atoms with E-state index in [1.54, 1.807) is 0 Å². The molecule has 0 N–H and O–H groups in total. The smallest absolute Gasteiger partial charge is 0.0251 e. The molecular weight excluding hydrogens is 108 g/mol.